The van der Waals surface area contributed by atoms with E-state index in [0.717, 1.165) is 12.8 Å². The minimum absolute atomic E-state index is 0.0240. The molecule has 1 heterocycles. The second-order valence-electron chi connectivity index (χ2n) is 5.63. The summed E-state index contributed by atoms with van der Waals surface area (Å²) in [4.78, 5) is 12.0. The van der Waals surface area contributed by atoms with E-state index in [9.17, 15) is 9.90 Å². The van der Waals surface area contributed by atoms with E-state index in [1.807, 2.05) is 27.7 Å². The van der Waals surface area contributed by atoms with Crippen molar-refractivity contribution in [1.29, 1.82) is 0 Å². The van der Waals surface area contributed by atoms with E-state index in [1.54, 1.807) is 6.08 Å². The number of aliphatic hydroxyl groups excluding tert-OH is 1. The Kier molecular flexibility index (Phi) is 4.74. The molecule has 3 atom stereocenters. The first-order chi connectivity index (χ1) is 8.29. The fraction of sp³-hybridized carbons (Fsp3) is 0.667. The van der Waals surface area contributed by atoms with Crippen LogP contribution < -0.4 is 0 Å². The van der Waals surface area contributed by atoms with Crippen LogP contribution in [0.15, 0.2) is 24.5 Å². The molecule has 0 spiro atoms. The molecular formula is C15H24O3. The van der Waals surface area contributed by atoms with Gasteiger partial charge in [0.1, 0.15) is 0 Å². The summed E-state index contributed by atoms with van der Waals surface area (Å²) in [6, 6.07) is 0. The summed E-state index contributed by atoms with van der Waals surface area (Å²) in [5.74, 6) is -0.187. The van der Waals surface area contributed by atoms with Gasteiger partial charge in [0.25, 0.3) is 0 Å². The van der Waals surface area contributed by atoms with Gasteiger partial charge in [-0.3, -0.25) is 4.79 Å². The minimum Gasteiger partial charge on any atom is -0.512 e. The zero-order valence-corrected chi connectivity index (χ0v) is 11.8. The molecule has 0 amide bonds. The SMILES string of the molecule is C=C[C@@]1(C)CC[C@@H](C(C)C(=O)/C=C(\O)C(C)C)O1. The summed E-state index contributed by atoms with van der Waals surface area (Å²) in [6.07, 6.45) is 4.79. The summed E-state index contributed by atoms with van der Waals surface area (Å²) in [5, 5.41) is 9.62. The van der Waals surface area contributed by atoms with Crippen molar-refractivity contribution < 1.29 is 14.6 Å². The van der Waals surface area contributed by atoms with Crippen molar-refractivity contribution >= 4 is 5.78 Å². The molecule has 0 radical (unpaired) electrons. The van der Waals surface area contributed by atoms with E-state index in [4.69, 9.17) is 4.74 Å². The van der Waals surface area contributed by atoms with Gasteiger partial charge in [-0.05, 0) is 19.8 Å². The first kappa shape index (κ1) is 15.0. The summed E-state index contributed by atoms with van der Waals surface area (Å²) in [7, 11) is 0. The molecule has 1 unspecified atom stereocenters. The van der Waals surface area contributed by atoms with Crippen molar-refractivity contribution in [3.05, 3.63) is 24.5 Å². The Balaban J connectivity index is 2.67. The Labute approximate surface area is 110 Å². The molecule has 0 aromatic rings. The van der Waals surface area contributed by atoms with Crippen LogP contribution in [0.3, 0.4) is 0 Å². The zero-order valence-electron chi connectivity index (χ0n) is 11.8. The van der Waals surface area contributed by atoms with Crippen LogP contribution in [0.5, 0.6) is 0 Å². The summed E-state index contributed by atoms with van der Waals surface area (Å²) < 4.78 is 5.87. The van der Waals surface area contributed by atoms with Gasteiger partial charge in [-0.15, -0.1) is 6.58 Å². The Morgan fingerprint density at radius 2 is 2.11 bits per heavy atom. The number of ether oxygens (including phenoxy) is 1. The van der Waals surface area contributed by atoms with Crippen molar-refractivity contribution in [2.75, 3.05) is 0 Å². The number of allylic oxidation sites excluding steroid dienone is 2. The van der Waals surface area contributed by atoms with E-state index in [0.29, 0.717) is 0 Å². The van der Waals surface area contributed by atoms with Crippen molar-refractivity contribution in [3.8, 4) is 0 Å². The third-order valence-electron chi connectivity index (χ3n) is 3.67. The number of ketones is 1. The average Bonchev–Trinajstić information content (AvgIpc) is 2.71. The van der Waals surface area contributed by atoms with Crippen molar-refractivity contribution in [1.82, 2.24) is 0 Å². The number of rotatable bonds is 5. The van der Waals surface area contributed by atoms with Crippen LogP contribution in [0.4, 0.5) is 0 Å². The van der Waals surface area contributed by atoms with Gasteiger partial charge in [0, 0.05) is 17.9 Å². The standard InChI is InChI=1S/C15H24O3/c1-6-15(5)8-7-14(18-15)11(4)13(17)9-12(16)10(2)3/h6,9-11,14,16H,1,7-8H2,2-5H3/b12-9-/t11?,14-,15-/m0/s1. The van der Waals surface area contributed by atoms with Crippen LogP contribution in [-0.4, -0.2) is 22.6 Å². The Bertz CT molecular complexity index is 357. The highest BCUT2D eigenvalue weighted by Crippen LogP contribution is 2.34. The van der Waals surface area contributed by atoms with Crippen LogP contribution in [0.1, 0.15) is 40.5 Å². The topological polar surface area (TPSA) is 46.5 Å². The maximum atomic E-state index is 12.0. The highest BCUT2D eigenvalue weighted by molar-refractivity contribution is 5.92. The fourth-order valence-electron chi connectivity index (χ4n) is 2.02. The number of hydrogen-bond donors (Lipinski definition) is 1. The molecule has 0 aromatic carbocycles. The van der Waals surface area contributed by atoms with E-state index < -0.39 is 0 Å². The lowest BCUT2D eigenvalue weighted by molar-refractivity contribution is -0.123. The third-order valence-corrected chi connectivity index (χ3v) is 3.67. The monoisotopic (exact) mass is 252 g/mol. The minimum atomic E-state index is -0.316. The Morgan fingerprint density at radius 1 is 1.50 bits per heavy atom. The average molecular weight is 252 g/mol. The van der Waals surface area contributed by atoms with E-state index >= 15 is 0 Å². The van der Waals surface area contributed by atoms with E-state index in [2.05, 4.69) is 6.58 Å². The van der Waals surface area contributed by atoms with Gasteiger partial charge in [0.05, 0.1) is 17.5 Å². The van der Waals surface area contributed by atoms with Gasteiger partial charge in [0.2, 0.25) is 0 Å². The predicted molar refractivity (Wildman–Crippen MR) is 72.4 cm³/mol. The molecule has 1 rings (SSSR count). The lowest BCUT2D eigenvalue weighted by atomic mass is 9.94. The molecule has 1 aliphatic heterocycles. The molecule has 1 aliphatic rings. The first-order valence-electron chi connectivity index (χ1n) is 6.55. The van der Waals surface area contributed by atoms with Crippen LogP contribution in [0.2, 0.25) is 0 Å². The quantitative estimate of drug-likeness (QED) is 0.463. The molecule has 0 aromatic heterocycles. The van der Waals surface area contributed by atoms with Gasteiger partial charge in [-0.25, -0.2) is 0 Å². The number of carbonyl (C=O) groups is 1. The van der Waals surface area contributed by atoms with Crippen LogP contribution in [0, 0.1) is 11.8 Å². The molecule has 0 bridgehead atoms. The largest absolute Gasteiger partial charge is 0.512 e. The zero-order chi connectivity index (χ0) is 13.9. The fourth-order valence-corrected chi connectivity index (χ4v) is 2.02. The van der Waals surface area contributed by atoms with Crippen molar-refractivity contribution in [3.63, 3.8) is 0 Å². The second-order valence-corrected chi connectivity index (χ2v) is 5.63. The molecule has 3 nitrogen and oxygen atoms in total. The van der Waals surface area contributed by atoms with Gasteiger partial charge < -0.3 is 9.84 Å². The van der Waals surface area contributed by atoms with Gasteiger partial charge >= 0.3 is 0 Å². The normalized spacial score (nSPS) is 30.5. The van der Waals surface area contributed by atoms with Gasteiger partial charge in [0.15, 0.2) is 5.78 Å². The molecule has 1 N–H and O–H groups in total. The number of hydrogen-bond acceptors (Lipinski definition) is 3. The van der Waals surface area contributed by atoms with E-state index in [-0.39, 0.29) is 35.1 Å². The molecule has 18 heavy (non-hydrogen) atoms. The van der Waals surface area contributed by atoms with Crippen molar-refractivity contribution in [2.45, 2.75) is 52.2 Å². The first-order valence-corrected chi connectivity index (χ1v) is 6.55. The molecule has 0 aliphatic carbocycles. The summed E-state index contributed by atoms with van der Waals surface area (Å²) in [6.45, 7) is 11.3. The third kappa shape index (κ3) is 3.45. The molecular weight excluding hydrogens is 228 g/mol. The van der Waals surface area contributed by atoms with Crippen LogP contribution in [-0.2, 0) is 9.53 Å². The van der Waals surface area contributed by atoms with Crippen LogP contribution in [0.25, 0.3) is 0 Å². The molecule has 3 heteroatoms. The Morgan fingerprint density at radius 3 is 2.56 bits per heavy atom. The highest BCUT2D eigenvalue weighted by atomic mass is 16.5. The second kappa shape index (κ2) is 5.70. The van der Waals surface area contributed by atoms with E-state index in [1.165, 1.54) is 6.08 Å². The number of aliphatic hydroxyl groups is 1. The van der Waals surface area contributed by atoms with Crippen molar-refractivity contribution in [2.24, 2.45) is 11.8 Å². The van der Waals surface area contributed by atoms with Gasteiger partial charge in [-0.1, -0.05) is 26.8 Å². The smallest absolute Gasteiger partial charge is 0.164 e. The number of carbonyl (C=O) groups excluding carboxylic acids is 1. The molecule has 0 saturated carbocycles. The maximum absolute atomic E-state index is 12.0. The summed E-state index contributed by atoms with van der Waals surface area (Å²) >= 11 is 0. The van der Waals surface area contributed by atoms with Gasteiger partial charge in [-0.2, -0.15) is 0 Å². The molecule has 102 valence electrons. The molecule has 1 saturated heterocycles. The lowest BCUT2D eigenvalue weighted by Crippen LogP contribution is -2.28. The lowest BCUT2D eigenvalue weighted by Gasteiger charge is -2.23. The summed E-state index contributed by atoms with van der Waals surface area (Å²) in [5.41, 5.74) is -0.316. The molecule has 1 fully saturated rings. The predicted octanol–water partition coefficient (Wildman–Crippen LogP) is 3.41. The Hall–Kier alpha value is -1.09. The highest BCUT2D eigenvalue weighted by Gasteiger charge is 2.37. The maximum Gasteiger partial charge on any atom is 0.164 e. The van der Waals surface area contributed by atoms with Crippen LogP contribution >= 0.6 is 0 Å².